The molecule has 3 rings (SSSR count). The van der Waals surface area contributed by atoms with Crippen LogP contribution in [0.1, 0.15) is 29.4 Å². The molecule has 0 amide bonds. The van der Waals surface area contributed by atoms with Gasteiger partial charge in [-0.2, -0.15) is 0 Å². The molecule has 0 saturated heterocycles. The largest absolute Gasteiger partial charge is 0.322 e. The first-order valence-corrected chi connectivity index (χ1v) is 7.57. The highest BCUT2D eigenvalue weighted by Gasteiger charge is 2.15. The Bertz CT molecular complexity index is 776. The molecule has 2 heterocycles. The summed E-state index contributed by atoms with van der Waals surface area (Å²) in [5.41, 5.74) is 4.01. The van der Waals surface area contributed by atoms with Gasteiger partial charge in [0.15, 0.2) is 0 Å². The van der Waals surface area contributed by atoms with Crippen LogP contribution in [0.3, 0.4) is 0 Å². The summed E-state index contributed by atoms with van der Waals surface area (Å²) >= 11 is 12.4. The van der Waals surface area contributed by atoms with E-state index >= 15 is 0 Å². The van der Waals surface area contributed by atoms with E-state index < -0.39 is 0 Å². The number of aromatic nitrogens is 3. The van der Waals surface area contributed by atoms with Crippen molar-refractivity contribution in [3.05, 3.63) is 58.6 Å². The van der Waals surface area contributed by atoms with E-state index in [0.717, 1.165) is 28.1 Å². The second-order valence-electron chi connectivity index (χ2n) is 5.11. The van der Waals surface area contributed by atoms with Crippen LogP contribution < -0.4 is 0 Å². The Labute approximate surface area is 133 Å². The molecular formula is C16H15Cl2N3. The molecule has 0 aliphatic heterocycles. The number of pyridine rings is 1. The fourth-order valence-electron chi connectivity index (χ4n) is 2.36. The number of fused-ring (bicyclic) bond motifs is 1. The van der Waals surface area contributed by atoms with Gasteiger partial charge >= 0.3 is 0 Å². The monoisotopic (exact) mass is 319 g/mol. The Morgan fingerprint density at radius 1 is 1.24 bits per heavy atom. The molecule has 0 spiro atoms. The van der Waals surface area contributed by atoms with Crippen molar-refractivity contribution in [3.8, 4) is 0 Å². The minimum absolute atomic E-state index is 0.172. The Morgan fingerprint density at radius 3 is 2.71 bits per heavy atom. The number of rotatable bonds is 3. The lowest BCUT2D eigenvalue weighted by Crippen LogP contribution is -2.06. The summed E-state index contributed by atoms with van der Waals surface area (Å²) in [6.45, 7) is 4.58. The predicted octanol–water partition coefficient (Wildman–Crippen LogP) is 4.74. The zero-order valence-corrected chi connectivity index (χ0v) is 13.4. The number of alkyl halides is 1. The second-order valence-corrected chi connectivity index (χ2v) is 6.20. The van der Waals surface area contributed by atoms with E-state index in [1.54, 1.807) is 0 Å². The number of aryl methyl sites for hydroxylation is 1. The van der Waals surface area contributed by atoms with Crippen LogP contribution in [0.4, 0.5) is 0 Å². The normalized spacial score (nSPS) is 12.8. The molecule has 0 fully saturated rings. The van der Waals surface area contributed by atoms with Gasteiger partial charge in [0, 0.05) is 16.9 Å². The summed E-state index contributed by atoms with van der Waals surface area (Å²) in [4.78, 5) is 8.96. The maximum atomic E-state index is 6.28. The zero-order chi connectivity index (χ0) is 15.0. The summed E-state index contributed by atoms with van der Waals surface area (Å²) in [6, 6.07) is 9.77. The van der Waals surface area contributed by atoms with Gasteiger partial charge in [-0.15, -0.1) is 11.6 Å². The average molecular weight is 320 g/mol. The number of imidazole rings is 1. The van der Waals surface area contributed by atoms with Gasteiger partial charge in [-0.05, 0) is 43.7 Å². The van der Waals surface area contributed by atoms with Crippen LogP contribution in [0.5, 0.6) is 0 Å². The number of nitrogens with zero attached hydrogens (tertiary/aromatic N) is 3. The highest BCUT2D eigenvalue weighted by Crippen LogP contribution is 2.27. The first kappa shape index (κ1) is 14.4. The van der Waals surface area contributed by atoms with Gasteiger partial charge in [0.1, 0.15) is 5.82 Å². The molecule has 5 heteroatoms. The Morgan fingerprint density at radius 2 is 2.05 bits per heavy atom. The van der Waals surface area contributed by atoms with Crippen molar-refractivity contribution in [2.45, 2.75) is 25.8 Å². The van der Waals surface area contributed by atoms with E-state index in [1.165, 1.54) is 0 Å². The third-order valence-electron chi connectivity index (χ3n) is 3.41. The van der Waals surface area contributed by atoms with Crippen LogP contribution in [-0.4, -0.2) is 14.5 Å². The molecule has 0 aliphatic carbocycles. The van der Waals surface area contributed by atoms with Crippen molar-refractivity contribution in [1.82, 2.24) is 14.5 Å². The molecule has 3 aromatic rings. The molecule has 1 aromatic carbocycles. The lowest BCUT2D eigenvalue weighted by molar-refractivity contribution is 0.740. The molecule has 1 atom stereocenters. The first-order chi connectivity index (χ1) is 10.0. The predicted molar refractivity (Wildman–Crippen MR) is 87.1 cm³/mol. The van der Waals surface area contributed by atoms with E-state index in [4.69, 9.17) is 23.2 Å². The van der Waals surface area contributed by atoms with E-state index in [-0.39, 0.29) is 5.38 Å². The minimum atomic E-state index is -0.172. The van der Waals surface area contributed by atoms with Gasteiger partial charge in [-0.25, -0.2) is 4.98 Å². The summed E-state index contributed by atoms with van der Waals surface area (Å²) in [7, 11) is 0. The molecule has 21 heavy (non-hydrogen) atoms. The number of halogens is 2. The fraction of sp³-hybridized carbons (Fsp3) is 0.250. The van der Waals surface area contributed by atoms with Crippen LogP contribution in [0.15, 0.2) is 36.5 Å². The van der Waals surface area contributed by atoms with Crippen molar-refractivity contribution in [2.75, 3.05) is 0 Å². The maximum absolute atomic E-state index is 6.28. The second kappa shape index (κ2) is 5.66. The van der Waals surface area contributed by atoms with Gasteiger partial charge in [0.25, 0.3) is 0 Å². The molecule has 3 nitrogen and oxygen atoms in total. The Hall–Kier alpha value is -1.58. The van der Waals surface area contributed by atoms with Crippen molar-refractivity contribution < 1.29 is 0 Å². The van der Waals surface area contributed by atoms with Crippen molar-refractivity contribution in [3.63, 3.8) is 0 Å². The first-order valence-electron chi connectivity index (χ1n) is 6.76. The molecule has 0 bridgehead atoms. The molecule has 108 valence electrons. The summed E-state index contributed by atoms with van der Waals surface area (Å²) < 4.78 is 2.10. The average Bonchev–Trinajstić information content (AvgIpc) is 2.80. The van der Waals surface area contributed by atoms with Gasteiger partial charge in [-0.3, -0.25) is 4.98 Å². The molecule has 0 saturated carbocycles. The molecule has 0 aliphatic rings. The van der Waals surface area contributed by atoms with Crippen molar-refractivity contribution in [1.29, 1.82) is 0 Å². The van der Waals surface area contributed by atoms with Crippen molar-refractivity contribution in [2.24, 2.45) is 0 Å². The Kier molecular flexibility index (Phi) is 3.87. The highest BCUT2D eigenvalue weighted by atomic mass is 35.5. The lowest BCUT2D eigenvalue weighted by atomic mass is 10.2. The van der Waals surface area contributed by atoms with E-state index in [0.29, 0.717) is 11.6 Å². The SMILES string of the molecule is Cc1ccc(Cn2c(C(C)Cl)nc3ccc(Cl)cc32)cn1. The quantitative estimate of drug-likeness (QED) is 0.653. The maximum Gasteiger partial charge on any atom is 0.128 e. The minimum Gasteiger partial charge on any atom is -0.322 e. The topological polar surface area (TPSA) is 30.7 Å². The van der Waals surface area contributed by atoms with E-state index in [9.17, 15) is 0 Å². The Balaban J connectivity index is 2.12. The van der Waals surface area contributed by atoms with Gasteiger partial charge in [0.05, 0.1) is 23.0 Å². The summed E-state index contributed by atoms with van der Waals surface area (Å²) in [5.74, 6) is 0.842. The fourth-order valence-corrected chi connectivity index (χ4v) is 2.69. The van der Waals surface area contributed by atoms with E-state index in [1.807, 2.05) is 44.3 Å². The van der Waals surface area contributed by atoms with Crippen molar-refractivity contribution >= 4 is 34.2 Å². The van der Waals surface area contributed by atoms with Crippen LogP contribution in [0.25, 0.3) is 11.0 Å². The van der Waals surface area contributed by atoms with E-state index in [2.05, 4.69) is 20.6 Å². The molecule has 0 radical (unpaired) electrons. The van der Waals surface area contributed by atoms with Gasteiger partial charge in [0.2, 0.25) is 0 Å². The summed E-state index contributed by atoms with van der Waals surface area (Å²) in [6.07, 6.45) is 1.88. The van der Waals surface area contributed by atoms with Gasteiger partial charge < -0.3 is 4.57 Å². The van der Waals surface area contributed by atoms with Gasteiger partial charge in [-0.1, -0.05) is 17.7 Å². The molecular weight excluding hydrogens is 305 g/mol. The van der Waals surface area contributed by atoms with Crippen LogP contribution in [-0.2, 0) is 6.54 Å². The van der Waals surface area contributed by atoms with Crippen LogP contribution >= 0.6 is 23.2 Å². The molecule has 2 aromatic heterocycles. The third kappa shape index (κ3) is 2.89. The lowest BCUT2D eigenvalue weighted by Gasteiger charge is -2.10. The van der Waals surface area contributed by atoms with Crippen LogP contribution in [0.2, 0.25) is 5.02 Å². The highest BCUT2D eigenvalue weighted by molar-refractivity contribution is 6.31. The smallest absolute Gasteiger partial charge is 0.128 e. The van der Waals surface area contributed by atoms with Crippen LogP contribution in [0, 0.1) is 6.92 Å². The number of hydrogen-bond donors (Lipinski definition) is 0. The molecule has 0 N–H and O–H groups in total. The summed E-state index contributed by atoms with van der Waals surface area (Å²) in [5, 5.41) is 0.522. The molecule has 1 unspecified atom stereocenters. The zero-order valence-electron chi connectivity index (χ0n) is 11.8. The number of benzene rings is 1. The number of hydrogen-bond acceptors (Lipinski definition) is 2. The standard InChI is InChI=1S/C16H15Cl2N3/c1-10-3-4-12(8-19-10)9-21-15-7-13(18)5-6-14(15)20-16(21)11(2)17/h3-8,11H,9H2,1-2H3. The third-order valence-corrected chi connectivity index (χ3v) is 3.84.